The van der Waals surface area contributed by atoms with Crippen LogP contribution in [0, 0.1) is 5.92 Å². The molecule has 0 aromatic heterocycles. The molecule has 1 aromatic rings. The summed E-state index contributed by atoms with van der Waals surface area (Å²) < 4.78 is 0. The van der Waals surface area contributed by atoms with E-state index in [2.05, 4.69) is 29.1 Å². The fourth-order valence-corrected chi connectivity index (χ4v) is 2.09. The molecule has 0 unspecified atom stereocenters. The molecule has 0 saturated carbocycles. The minimum absolute atomic E-state index is 0.679. The fraction of sp³-hybridized carbons (Fsp3) is 0.455. The molecule has 0 fully saturated rings. The van der Waals surface area contributed by atoms with Crippen molar-refractivity contribution in [1.82, 2.24) is 0 Å². The number of fused-ring (bicyclic) bond motifs is 1. The standard InChI is InChI=1S/C11H15NO/c12-13-6-5-9-7-10-3-1-2-4-11(10)8-9/h1-4,9H,5-8,12H2. The Hall–Kier alpha value is -0.860. The Morgan fingerprint density at radius 1 is 1.23 bits per heavy atom. The molecular weight excluding hydrogens is 162 g/mol. The third-order valence-electron chi connectivity index (χ3n) is 2.78. The van der Waals surface area contributed by atoms with Crippen LogP contribution >= 0.6 is 0 Å². The van der Waals surface area contributed by atoms with Crippen LogP contribution in [-0.2, 0) is 17.7 Å². The Bertz CT molecular complexity index is 260. The van der Waals surface area contributed by atoms with Crippen LogP contribution in [0.25, 0.3) is 0 Å². The summed E-state index contributed by atoms with van der Waals surface area (Å²) >= 11 is 0. The summed E-state index contributed by atoms with van der Waals surface area (Å²) in [5.74, 6) is 5.75. The zero-order valence-corrected chi connectivity index (χ0v) is 7.70. The minimum atomic E-state index is 0.679. The minimum Gasteiger partial charge on any atom is -0.305 e. The van der Waals surface area contributed by atoms with Gasteiger partial charge in [-0.3, -0.25) is 0 Å². The summed E-state index contributed by atoms with van der Waals surface area (Å²) in [7, 11) is 0. The average Bonchev–Trinajstić information content (AvgIpc) is 2.57. The van der Waals surface area contributed by atoms with E-state index in [9.17, 15) is 0 Å². The second-order valence-corrected chi connectivity index (χ2v) is 3.70. The van der Waals surface area contributed by atoms with Gasteiger partial charge in [-0.25, -0.2) is 5.90 Å². The highest BCUT2D eigenvalue weighted by atomic mass is 16.6. The molecule has 2 N–H and O–H groups in total. The first-order valence-electron chi connectivity index (χ1n) is 4.78. The lowest BCUT2D eigenvalue weighted by molar-refractivity contribution is 0.124. The fourth-order valence-electron chi connectivity index (χ4n) is 2.09. The molecule has 1 aromatic carbocycles. The van der Waals surface area contributed by atoms with Crippen LogP contribution in [0.4, 0.5) is 0 Å². The van der Waals surface area contributed by atoms with E-state index in [1.807, 2.05) is 0 Å². The lowest BCUT2D eigenvalue weighted by atomic mass is 10.0. The van der Waals surface area contributed by atoms with E-state index < -0.39 is 0 Å². The van der Waals surface area contributed by atoms with Gasteiger partial charge in [0.2, 0.25) is 0 Å². The molecule has 2 nitrogen and oxygen atoms in total. The Morgan fingerprint density at radius 2 is 1.85 bits per heavy atom. The molecule has 0 spiro atoms. The van der Waals surface area contributed by atoms with Gasteiger partial charge in [0.25, 0.3) is 0 Å². The smallest absolute Gasteiger partial charge is 0.0682 e. The molecule has 1 aliphatic carbocycles. The summed E-state index contributed by atoms with van der Waals surface area (Å²) in [5, 5.41) is 0. The van der Waals surface area contributed by atoms with Gasteiger partial charge in [-0.2, -0.15) is 0 Å². The molecule has 70 valence electrons. The Balaban J connectivity index is 1.97. The highest BCUT2D eigenvalue weighted by Crippen LogP contribution is 2.28. The summed E-state index contributed by atoms with van der Waals surface area (Å²) in [5.41, 5.74) is 3.01. The molecular formula is C11H15NO. The van der Waals surface area contributed by atoms with Crippen molar-refractivity contribution in [3.05, 3.63) is 35.4 Å². The van der Waals surface area contributed by atoms with Crippen LogP contribution in [0.2, 0.25) is 0 Å². The largest absolute Gasteiger partial charge is 0.305 e. The Labute approximate surface area is 78.7 Å². The first kappa shape index (κ1) is 8.73. The van der Waals surface area contributed by atoms with Gasteiger partial charge in [-0.15, -0.1) is 0 Å². The first-order valence-corrected chi connectivity index (χ1v) is 4.78. The molecule has 0 heterocycles. The highest BCUT2D eigenvalue weighted by Gasteiger charge is 2.19. The van der Waals surface area contributed by atoms with Crippen molar-refractivity contribution in [3.8, 4) is 0 Å². The third kappa shape index (κ3) is 1.90. The van der Waals surface area contributed by atoms with E-state index in [1.54, 1.807) is 0 Å². The maximum absolute atomic E-state index is 5.01. The second-order valence-electron chi connectivity index (χ2n) is 3.70. The molecule has 0 saturated heterocycles. The normalized spacial score (nSPS) is 16.1. The summed E-state index contributed by atoms with van der Waals surface area (Å²) in [6, 6.07) is 8.67. The van der Waals surface area contributed by atoms with Crippen LogP contribution in [0.3, 0.4) is 0 Å². The molecule has 2 heteroatoms. The van der Waals surface area contributed by atoms with Crippen molar-refractivity contribution in [2.75, 3.05) is 6.61 Å². The molecule has 0 radical (unpaired) electrons. The summed E-state index contributed by atoms with van der Waals surface area (Å²) in [4.78, 5) is 4.60. The van der Waals surface area contributed by atoms with Gasteiger partial charge >= 0.3 is 0 Å². The summed E-state index contributed by atoms with van der Waals surface area (Å²) in [6.45, 7) is 0.679. The highest BCUT2D eigenvalue weighted by molar-refractivity contribution is 5.31. The van der Waals surface area contributed by atoms with Crippen molar-refractivity contribution in [2.24, 2.45) is 11.8 Å². The van der Waals surface area contributed by atoms with E-state index in [0.29, 0.717) is 6.61 Å². The molecule has 1 aliphatic rings. The number of benzene rings is 1. The third-order valence-corrected chi connectivity index (χ3v) is 2.78. The van der Waals surface area contributed by atoms with E-state index in [4.69, 9.17) is 5.90 Å². The van der Waals surface area contributed by atoms with E-state index in [1.165, 1.54) is 24.0 Å². The zero-order chi connectivity index (χ0) is 9.10. The van der Waals surface area contributed by atoms with Gasteiger partial charge in [0.15, 0.2) is 0 Å². The van der Waals surface area contributed by atoms with Crippen molar-refractivity contribution in [3.63, 3.8) is 0 Å². The Kier molecular flexibility index (Phi) is 2.62. The molecule has 0 amide bonds. The lowest BCUT2D eigenvalue weighted by Crippen LogP contribution is -2.08. The van der Waals surface area contributed by atoms with Crippen molar-refractivity contribution in [1.29, 1.82) is 0 Å². The number of hydrogen-bond acceptors (Lipinski definition) is 2. The predicted molar refractivity (Wildman–Crippen MR) is 52.1 cm³/mol. The van der Waals surface area contributed by atoms with Crippen molar-refractivity contribution >= 4 is 0 Å². The molecule has 0 bridgehead atoms. The quantitative estimate of drug-likeness (QED) is 0.713. The van der Waals surface area contributed by atoms with Crippen LogP contribution in [0.1, 0.15) is 17.5 Å². The van der Waals surface area contributed by atoms with Gasteiger partial charge < -0.3 is 4.84 Å². The number of rotatable bonds is 3. The van der Waals surface area contributed by atoms with Crippen LogP contribution in [0.5, 0.6) is 0 Å². The van der Waals surface area contributed by atoms with Crippen LogP contribution in [-0.4, -0.2) is 6.61 Å². The van der Waals surface area contributed by atoms with Crippen LogP contribution in [0.15, 0.2) is 24.3 Å². The zero-order valence-electron chi connectivity index (χ0n) is 7.70. The van der Waals surface area contributed by atoms with E-state index in [0.717, 1.165) is 12.3 Å². The maximum Gasteiger partial charge on any atom is 0.0682 e. The van der Waals surface area contributed by atoms with Gasteiger partial charge in [-0.05, 0) is 36.3 Å². The van der Waals surface area contributed by atoms with Gasteiger partial charge in [0.1, 0.15) is 0 Å². The molecule has 2 rings (SSSR count). The van der Waals surface area contributed by atoms with E-state index >= 15 is 0 Å². The topological polar surface area (TPSA) is 35.2 Å². The van der Waals surface area contributed by atoms with E-state index in [-0.39, 0.29) is 0 Å². The second kappa shape index (κ2) is 3.90. The predicted octanol–water partition coefficient (Wildman–Crippen LogP) is 1.68. The van der Waals surface area contributed by atoms with Crippen LogP contribution < -0.4 is 5.90 Å². The van der Waals surface area contributed by atoms with Crippen molar-refractivity contribution < 1.29 is 4.84 Å². The van der Waals surface area contributed by atoms with Gasteiger partial charge in [0, 0.05) is 0 Å². The average molecular weight is 177 g/mol. The van der Waals surface area contributed by atoms with Gasteiger partial charge in [0.05, 0.1) is 6.61 Å². The first-order chi connectivity index (χ1) is 6.40. The molecule has 0 aliphatic heterocycles. The van der Waals surface area contributed by atoms with Gasteiger partial charge in [-0.1, -0.05) is 24.3 Å². The van der Waals surface area contributed by atoms with Crippen molar-refractivity contribution in [2.45, 2.75) is 19.3 Å². The molecule has 13 heavy (non-hydrogen) atoms. The monoisotopic (exact) mass is 177 g/mol. The molecule has 0 atom stereocenters. The Morgan fingerprint density at radius 3 is 2.38 bits per heavy atom. The SMILES string of the molecule is NOCCC1Cc2ccccc2C1. The number of nitrogens with two attached hydrogens (primary N) is 1. The number of hydrogen-bond donors (Lipinski definition) is 1. The maximum atomic E-state index is 5.01. The lowest BCUT2D eigenvalue weighted by Gasteiger charge is -2.06. The summed E-state index contributed by atoms with van der Waals surface area (Å²) in [6.07, 6.45) is 3.46.